The minimum Gasteiger partial charge on any atom is -0.452 e. The van der Waals surface area contributed by atoms with Gasteiger partial charge in [0.15, 0.2) is 6.10 Å². The van der Waals surface area contributed by atoms with Crippen LogP contribution in [-0.4, -0.2) is 18.0 Å². The molecule has 0 radical (unpaired) electrons. The van der Waals surface area contributed by atoms with Crippen LogP contribution in [0.15, 0.2) is 24.3 Å². The van der Waals surface area contributed by atoms with Crippen LogP contribution in [0, 0.1) is 5.92 Å². The Labute approximate surface area is 111 Å². The molecule has 1 aromatic rings. The summed E-state index contributed by atoms with van der Waals surface area (Å²) in [6, 6.07) is 6.69. The Morgan fingerprint density at radius 2 is 1.72 bits per heavy atom. The van der Waals surface area contributed by atoms with E-state index in [1.165, 1.54) is 6.92 Å². The molecule has 0 aliphatic carbocycles. The summed E-state index contributed by atoms with van der Waals surface area (Å²) in [6.45, 7) is 4.96. The van der Waals surface area contributed by atoms with Gasteiger partial charge in [0.1, 0.15) is 0 Å². The monoisotopic (exact) mass is 269 g/mol. The molecule has 0 bridgehead atoms. The number of carbonyl (C=O) groups is 2. The maximum absolute atomic E-state index is 11.7. The van der Waals surface area contributed by atoms with Gasteiger partial charge < -0.3 is 10.1 Å². The molecule has 4 nitrogen and oxygen atoms in total. The number of rotatable bonds is 4. The summed E-state index contributed by atoms with van der Waals surface area (Å²) >= 11 is 5.73. The topological polar surface area (TPSA) is 55.4 Å². The third-order valence-corrected chi connectivity index (χ3v) is 2.50. The lowest BCUT2D eigenvalue weighted by molar-refractivity contribution is -0.156. The van der Waals surface area contributed by atoms with E-state index in [0.717, 1.165) is 0 Å². The van der Waals surface area contributed by atoms with Gasteiger partial charge in [-0.05, 0) is 31.2 Å². The van der Waals surface area contributed by atoms with Crippen LogP contribution in [0.4, 0.5) is 5.69 Å². The number of benzene rings is 1. The molecule has 1 atom stereocenters. The molecule has 0 saturated carbocycles. The van der Waals surface area contributed by atoms with E-state index in [0.29, 0.717) is 10.7 Å². The molecule has 0 aromatic heterocycles. The van der Waals surface area contributed by atoms with Gasteiger partial charge in [0.05, 0.1) is 5.92 Å². The highest BCUT2D eigenvalue weighted by Gasteiger charge is 2.19. The molecule has 0 unspecified atom stereocenters. The highest BCUT2D eigenvalue weighted by Crippen LogP contribution is 2.14. The third kappa shape index (κ3) is 4.37. The molecule has 1 aromatic carbocycles. The maximum Gasteiger partial charge on any atom is 0.309 e. The smallest absolute Gasteiger partial charge is 0.309 e. The first-order valence-corrected chi connectivity index (χ1v) is 6.05. The second kappa shape index (κ2) is 6.40. The number of nitrogens with one attached hydrogen (secondary N) is 1. The van der Waals surface area contributed by atoms with Crippen molar-refractivity contribution in [2.45, 2.75) is 26.9 Å². The lowest BCUT2D eigenvalue weighted by atomic mass is 10.2. The minimum atomic E-state index is -0.824. The van der Waals surface area contributed by atoms with E-state index in [4.69, 9.17) is 16.3 Å². The Hall–Kier alpha value is -1.55. The normalized spacial score (nSPS) is 12.1. The SMILES string of the molecule is CC(C)C(=O)O[C@H](C)C(=O)Nc1ccc(Cl)cc1. The van der Waals surface area contributed by atoms with Gasteiger partial charge in [0.25, 0.3) is 5.91 Å². The predicted molar refractivity (Wildman–Crippen MR) is 70.5 cm³/mol. The van der Waals surface area contributed by atoms with Crippen LogP contribution in [0.3, 0.4) is 0 Å². The first-order chi connectivity index (χ1) is 8.40. The summed E-state index contributed by atoms with van der Waals surface area (Å²) in [4.78, 5) is 23.1. The number of ether oxygens (including phenoxy) is 1. The second-order valence-corrected chi connectivity index (χ2v) is 4.67. The van der Waals surface area contributed by atoms with Crippen LogP contribution in [0.2, 0.25) is 5.02 Å². The van der Waals surface area contributed by atoms with Gasteiger partial charge in [0, 0.05) is 10.7 Å². The van der Waals surface area contributed by atoms with Gasteiger partial charge in [-0.3, -0.25) is 9.59 Å². The largest absolute Gasteiger partial charge is 0.452 e. The zero-order valence-corrected chi connectivity index (χ0v) is 11.3. The minimum absolute atomic E-state index is 0.254. The van der Waals surface area contributed by atoms with Crippen molar-refractivity contribution in [3.63, 3.8) is 0 Å². The van der Waals surface area contributed by atoms with Gasteiger partial charge in [-0.15, -0.1) is 0 Å². The molecule has 0 aliphatic heterocycles. The van der Waals surface area contributed by atoms with Gasteiger partial charge in [-0.1, -0.05) is 25.4 Å². The fraction of sp³-hybridized carbons (Fsp3) is 0.385. The summed E-state index contributed by atoms with van der Waals surface area (Å²) in [5.74, 6) is -1.02. The highest BCUT2D eigenvalue weighted by molar-refractivity contribution is 6.30. The molecule has 0 spiro atoms. The zero-order valence-electron chi connectivity index (χ0n) is 10.6. The summed E-state index contributed by atoms with van der Waals surface area (Å²) in [5.41, 5.74) is 0.608. The molecule has 5 heteroatoms. The Bertz CT molecular complexity index is 428. The molecule has 1 amide bonds. The summed E-state index contributed by atoms with van der Waals surface area (Å²) in [6.07, 6.45) is -0.824. The third-order valence-electron chi connectivity index (χ3n) is 2.25. The van der Waals surface area contributed by atoms with Crippen molar-refractivity contribution in [1.82, 2.24) is 0 Å². The molecule has 98 valence electrons. The molecule has 1 rings (SSSR count). The zero-order chi connectivity index (χ0) is 13.7. The van der Waals surface area contributed by atoms with Crippen molar-refractivity contribution in [3.8, 4) is 0 Å². The summed E-state index contributed by atoms with van der Waals surface area (Å²) in [5, 5.41) is 3.23. The van der Waals surface area contributed by atoms with E-state index in [1.807, 2.05) is 0 Å². The fourth-order valence-electron chi connectivity index (χ4n) is 1.14. The van der Waals surface area contributed by atoms with Crippen LogP contribution >= 0.6 is 11.6 Å². The molecule has 18 heavy (non-hydrogen) atoms. The highest BCUT2D eigenvalue weighted by atomic mass is 35.5. The van der Waals surface area contributed by atoms with E-state index in [1.54, 1.807) is 38.1 Å². The predicted octanol–water partition coefficient (Wildman–Crippen LogP) is 2.87. The van der Waals surface area contributed by atoms with Crippen molar-refractivity contribution in [2.24, 2.45) is 5.92 Å². The number of hydrogen-bond donors (Lipinski definition) is 1. The second-order valence-electron chi connectivity index (χ2n) is 4.23. The van der Waals surface area contributed by atoms with Gasteiger partial charge in [0.2, 0.25) is 0 Å². The Kier molecular flexibility index (Phi) is 5.16. The quantitative estimate of drug-likeness (QED) is 0.855. The van der Waals surface area contributed by atoms with Crippen molar-refractivity contribution in [1.29, 1.82) is 0 Å². The van der Waals surface area contributed by atoms with Crippen LogP contribution < -0.4 is 5.32 Å². The number of carbonyl (C=O) groups excluding carboxylic acids is 2. The van der Waals surface area contributed by atoms with Crippen LogP contribution in [0.25, 0.3) is 0 Å². The Balaban J connectivity index is 2.54. The summed E-state index contributed by atoms with van der Waals surface area (Å²) in [7, 11) is 0. The summed E-state index contributed by atoms with van der Waals surface area (Å²) < 4.78 is 4.99. The van der Waals surface area contributed by atoms with E-state index >= 15 is 0 Å². The lowest BCUT2D eigenvalue weighted by Crippen LogP contribution is -2.31. The maximum atomic E-state index is 11.7. The Morgan fingerprint density at radius 1 is 1.17 bits per heavy atom. The average Bonchev–Trinajstić information content (AvgIpc) is 2.31. The van der Waals surface area contributed by atoms with Gasteiger partial charge in [-0.25, -0.2) is 0 Å². The molecular weight excluding hydrogens is 254 g/mol. The molecule has 0 saturated heterocycles. The first-order valence-electron chi connectivity index (χ1n) is 5.67. The molecule has 1 N–H and O–H groups in total. The van der Waals surface area contributed by atoms with Gasteiger partial charge >= 0.3 is 5.97 Å². The molecule has 0 aliphatic rings. The molecule has 0 heterocycles. The van der Waals surface area contributed by atoms with E-state index in [9.17, 15) is 9.59 Å². The first kappa shape index (κ1) is 14.5. The van der Waals surface area contributed by atoms with Crippen molar-refractivity contribution >= 4 is 29.2 Å². The number of hydrogen-bond acceptors (Lipinski definition) is 3. The number of esters is 1. The van der Waals surface area contributed by atoms with Crippen molar-refractivity contribution in [3.05, 3.63) is 29.3 Å². The van der Waals surface area contributed by atoms with Crippen molar-refractivity contribution < 1.29 is 14.3 Å². The van der Waals surface area contributed by atoms with Crippen molar-refractivity contribution in [2.75, 3.05) is 5.32 Å². The van der Waals surface area contributed by atoms with E-state index < -0.39 is 12.1 Å². The fourth-order valence-corrected chi connectivity index (χ4v) is 1.27. The Morgan fingerprint density at radius 3 is 2.22 bits per heavy atom. The van der Waals surface area contributed by atoms with Crippen LogP contribution in [0.5, 0.6) is 0 Å². The van der Waals surface area contributed by atoms with Crippen LogP contribution in [-0.2, 0) is 14.3 Å². The average molecular weight is 270 g/mol. The van der Waals surface area contributed by atoms with E-state index in [2.05, 4.69) is 5.32 Å². The van der Waals surface area contributed by atoms with E-state index in [-0.39, 0.29) is 11.8 Å². The number of amides is 1. The molecular formula is C13H16ClNO3. The standard InChI is InChI=1S/C13H16ClNO3/c1-8(2)13(17)18-9(3)12(16)15-11-6-4-10(14)5-7-11/h4-9H,1-3H3,(H,15,16)/t9-/m1/s1. The number of halogens is 1. The molecule has 0 fully saturated rings. The van der Waals surface area contributed by atoms with Gasteiger partial charge in [-0.2, -0.15) is 0 Å². The lowest BCUT2D eigenvalue weighted by Gasteiger charge is -2.14. The van der Waals surface area contributed by atoms with Crippen LogP contribution in [0.1, 0.15) is 20.8 Å². The number of anilines is 1.